The van der Waals surface area contributed by atoms with Crippen LogP contribution in [0.1, 0.15) is 13.8 Å². The number of hydrogen-bond donors (Lipinski definition) is 0. The van der Waals surface area contributed by atoms with Gasteiger partial charge in [0.1, 0.15) is 0 Å². The van der Waals surface area contributed by atoms with Gasteiger partial charge in [0, 0.05) is 360 Å². The summed E-state index contributed by atoms with van der Waals surface area (Å²) in [6, 6.07) is 0. The molecule has 0 fully saturated rings. The van der Waals surface area contributed by atoms with E-state index in [2.05, 4.69) is 11.0 Å². The molecule has 0 saturated heterocycles. The van der Waals surface area contributed by atoms with Gasteiger partial charge in [0.25, 0.3) is 0 Å². The average molecular weight is 1080 g/mol. The molecule has 0 amide bonds. The van der Waals surface area contributed by atoms with Crippen LogP contribution in [-0.4, -0.2) is 0 Å². The molecule has 0 unspecified atom stereocenters. The van der Waals surface area contributed by atoms with E-state index in [1.54, 1.807) is 13.8 Å². The summed E-state index contributed by atoms with van der Waals surface area (Å²) >= 11 is 0. The fraction of sp³-hybridized carbons (Fsp3) is 0.400. The third-order valence-corrected chi connectivity index (χ3v) is 0.635. The smallest absolute Gasteiger partial charge is 0 e. The van der Waals surface area contributed by atoms with Crippen molar-refractivity contribution in [2.75, 3.05) is 0 Å². The molecule has 0 atom stereocenters. The molecule has 1 aliphatic heterocycles. The first-order valence-electron chi connectivity index (χ1n) is 2.07. The van der Waals surface area contributed by atoms with Crippen LogP contribution >= 0.6 is 0 Å². The van der Waals surface area contributed by atoms with Crippen molar-refractivity contribution in [2.45, 2.75) is 13.8 Å². The Labute approximate surface area is 388 Å². The van der Waals surface area contributed by atoms with E-state index >= 15 is 0 Å². The van der Waals surface area contributed by atoms with Crippen molar-refractivity contribution in [1.29, 1.82) is 0 Å². The summed E-state index contributed by atoms with van der Waals surface area (Å²) in [5.41, 5.74) is 0. The van der Waals surface area contributed by atoms with Crippen LogP contribution in [0.4, 0.5) is 0 Å². The van der Waals surface area contributed by atoms with E-state index < -0.39 is 0 Å². The summed E-state index contributed by atoms with van der Waals surface area (Å²) < 4.78 is 9.53. The van der Waals surface area contributed by atoms with Crippen molar-refractivity contribution >= 4 is 0 Å². The predicted octanol–water partition coefficient (Wildman–Crippen LogP) is 1.18. The molecule has 0 aliphatic carbocycles. The third kappa shape index (κ3) is 45.9. The Morgan fingerprint density at radius 2 is 1.00 bits per heavy atom. The van der Waals surface area contributed by atoms with E-state index in [1.807, 2.05) is 0 Å². The van der Waals surface area contributed by atoms with E-state index in [-0.39, 0.29) is 360 Å². The van der Waals surface area contributed by atoms with Gasteiger partial charge in [-0.05, 0) is 13.2 Å². The summed E-state index contributed by atoms with van der Waals surface area (Å²) in [7, 11) is 0. The predicted molar refractivity (Wildman–Crippen MR) is 23.5 cm³/mol. The molecule has 13 heteroatoms. The fourth-order valence-electron chi connectivity index (χ4n) is 0.401. The monoisotopic (exact) mass is 1080 g/mol. The van der Waals surface area contributed by atoms with Gasteiger partial charge < -0.3 is 15.7 Å². The van der Waals surface area contributed by atoms with Gasteiger partial charge in [-0.15, -0.1) is 6.92 Å². The maximum atomic E-state index is 4.86. The molecule has 0 N–H and O–H groups in total. The number of ether oxygens (including phenoxy) is 2. The first-order valence-corrected chi connectivity index (χ1v) is 2.07. The second-order valence-corrected chi connectivity index (χ2v) is 1.35. The first-order chi connectivity index (χ1) is 3.29. The Balaban J connectivity index is -0.00000000495. The van der Waals surface area contributed by atoms with Gasteiger partial charge in [-0.1, -0.05) is 5.76 Å². The van der Waals surface area contributed by atoms with Crippen molar-refractivity contribution in [3.8, 4) is 0 Å². The zero-order chi connectivity index (χ0) is 5.28. The van der Waals surface area contributed by atoms with E-state index in [1.165, 1.54) is 0 Å². The van der Waals surface area contributed by atoms with Crippen LogP contribution in [0.15, 0.2) is 5.76 Å². The minimum Gasteiger partial charge on any atom is -0.813 e. The normalized spacial score (nSPS) is 8.00. The molecule has 0 aromatic rings. The Hall–Kier alpha value is 11.5. The first kappa shape index (κ1) is 70.0. The Kier molecular flexibility index (Phi) is 199. The largest absolute Gasteiger partial charge is 0.813 e. The Bertz CT molecular complexity index is 114. The quantitative estimate of drug-likeness (QED) is 0.340. The second-order valence-electron chi connectivity index (χ2n) is 1.35. The van der Waals surface area contributed by atoms with Crippen LogP contribution in [0.2, 0.25) is 0 Å². The van der Waals surface area contributed by atoms with E-state index in [0.29, 0.717) is 12.0 Å². The minimum absolute atomic E-state index is 0. The zero-order valence-corrected chi connectivity index (χ0v) is 41.9. The molecule has 0 bridgehead atoms. The van der Waals surface area contributed by atoms with E-state index in [9.17, 15) is 0 Å². The summed E-state index contributed by atoms with van der Waals surface area (Å²) in [4.78, 5) is 0. The topological polar surface area (TPSA) is 18.5 Å². The van der Waals surface area contributed by atoms with Crippen molar-refractivity contribution in [2.24, 2.45) is 0 Å². The van der Waals surface area contributed by atoms with Gasteiger partial charge in [-0.3, -0.25) is 0 Å². The molecule has 18 heavy (non-hydrogen) atoms. The van der Waals surface area contributed by atoms with Gasteiger partial charge >= 0.3 is 0 Å². The molecular weight excluding hydrogens is 1070 g/mol. The summed E-state index contributed by atoms with van der Waals surface area (Å²) in [5.74, 6) is 0.692. The maximum absolute atomic E-state index is 4.86. The van der Waals surface area contributed by atoms with Gasteiger partial charge in [-0.25, -0.2) is 0 Å². The fourth-order valence-corrected chi connectivity index (χ4v) is 0.401. The third-order valence-electron chi connectivity index (χ3n) is 0.635. The van der Waals surface area contributed by atoms with Gasteiger partial charge in [0.2, 0.25) is 0 Å². The van der Waals surface area contributed by atoms with Crippen molar-refractivity contribution < 1.29 is 369 Å². The van der Waals surface area contributed by atoms with Crippen LogP contribution in [0.25, 0.3) is 0 Å². The maximum Gasteiger partial charge on any atom is 0 e. The molecule has 1 heterocycles. The van der Waals surface area contributed by atoms with Gasteiger partial charge in [0.05, 0.1) is 0 Å². The van der Waals surface area contributed by atoms with Crippen LogP contribution in [0.3, 0.4) is 0 Å². The van der Waals surface area contributed by atoms with E-state index in [4.69, 9.17) is 4.74 Å². The summed E-state index contributed by atoms with van der Waals surface area (Å²) in [6.07, 6.45) is 3.08. The number of rotatable bonds is 0. The molecule has 73 valence electrons. The minimum atomic E-state index is 0. The SMILES string of the molecule is CC1=[C-]O[C-](C)O1.[Y].[Y].[Y].[Y].[Y].[Y].[Y].[Y].[Y].[Y].[Y]. The number of allylic oxidation sites excluding steroid dienone is 1. The molecular formula is C5H6O2Y11-2. The molecule has 0 spiro atoms. The molecule has 2 nitrogen and oxygen atoms in total. The molecule has 0 aromatic heterocycles. The summed E-state index contributed by atoms with van der Waals surface area (Å²) in [5, 5.41) is 0. The standard InChI is InChI=1S/C5H6O2.11Y/c1-4-3-6-5(2)7-4;;;;;;;;;;;/h1-2H3;;;;;;;;;;;/q-2;;;;;;;;;;;. The van der Waals surface area contributed by atoms with Crippen molar-refractivity contribution in [3.63, 3.8) is 0 Å². The summed E-state index contributed by atoms with van der Waals surface area (Å²) in [6.45, 7) is 3.53. The van der Waals surface area contributed by atoms with Crippen LogP contribution in [-0.2, 0) is 369 Å². The molecule has 1 rings (SSSR count). The number of hydrogen-bond acceptors (Lipinski definition) is 2. The molecule has 11 radical (unpaired) electrons. The van der Waals surface area contributed by atoms with Gasteiger partial charge in [0.15, 0.2) is 0 Å². The van der Waals surface area contributed by atoms with Gasteiger partial charge in [-0.2, -0.15) is 0 Å². The molecule has 0 saturated carbocycles. The van der Waals surface area contributed by atoms with Crippen LogP contribution in [0, 0.1) is 12.6 Å². The molecule has 1 aliphatic rings. The van der Waals surface area contributed by atoms with Crippen LogP contribution in [0.5, 0.6) is 0 Å². The molecule has 0 aromatic carbocycles. The van der Waals surface area contributed by atoms with Crippen molar-refractivity contribution in [3.05, 3.63) is 18.3 Å². The second kappa shape index (κ2) is 51.3. The Morgan fingerprint density at radius 3 is 1.06 bits per heavy atom. The van der Waals surface area contributed by atoms with Crippen molar-refractivity contribution in [1.82, 2.24) is 0 Å². The Morgan fingerprint density at radius 1 is 0.722 bits per heavy atom. The zero-order valence-electron chi connectivity index (χ0n) is 10.7. The van der Waals surface area contributed by atoms with E-state index in [0.717, 1.165) is 0 Å². The van der Waals surface area contributed by atoms with Crippen LogP contribution < -0.4 is 0 Å². The average Bonchev–Trinajstić information content (AvgIpc) is 1.87.